The van der Waals surface area contributed by atoms with E-state index in [0.717, 1.165) is 22.6 Å². The van der Waals surface area contributed by atoms with E-state index in [9.17, 15) is 18.4 Å². The zero-order valence-electron chi connectivity index (χ0n) is 17.5. The Morgan fingerprint density at radius 2 is 1.66 bits per heavy atom. The number of hydrogen-bond acceptors (Lipinski definition) is 4. The van der Waals surface area contributed by atoms with Crippen LogP contribution < -0.4 is 15.0 Å². The van der Waals surface area contributed by atoms with E-state index in [0.29, 0.717) is 23.6 Å². The Hall–Kier alpha value is -4.00. The monoisotopic (exact) mass is 434 g/mol. The van der Waals surface area contributed by atoms with E-state index in [4.69, 9.17) is 4.74 Å². The molecule has 0 radical (unpaired) electrons. The van der Waals surface area contributed by atoms with E-state index >= 15 is 0 Å². The van der Waals surface area contributed by atoms with Crippen molar-refractivity contribution < 1.29 is 23.1 Å². The standard InChI is InChI=1S/C25H20F2N2O3/c1-3-32-19-10-7-16(8-11-19)22-23(28-17-9-12-20(26)21(27)14-17)25(31)29(24(22)30)18-6-4-5-15(2)13-18/h4-14,28H,3H2,1-2H3. The smallest absolute Gasteiger partial charge is 0.282 e. The minimum absolute atomic E-state index is 0.0216. The quantitative estimate of drug-likeness (QED) is 0.551. The van der Waals surface area contributed by atoms with E-state index in [2.05, 4.69) is 5.32 Å². The first-order chi connectivity index (χ1) is 15.4. The summed E-state index contributed by atoms with van der Waals surface area (Å²) in [6.45, 7) is 4.21. The molecule has 0 aromatic heterocycles. The molecule has 0 bridgehead atoms. The average molecular weight is 434 g/mol. The molecule has 162 valence electrons. The Morgan fingerprint density at radius 1 is 0.906 bits per heavy atom. The number of halogens is 2. The molecule has 1 heterocycles. The molecule has 5 nitrogen and oxygen atoms in total. The van der Waals surface area contributed by atoms with Gasteiger partial charge in [0.1, 0.15) is 11.4 Å². The molecule has 32 heavy (non-hydrogen) atoms. The van der Waals surface area contributed by atoms with Crippen molar-refractivity contribution in [2.75, 3.05) is 16.8 Å². The van der Waals surface area contributed by atoms with Gasteiger partial charge in [-0.2, -0.15) is 0 Å². The molecule has 3 aromatic carbocycles. The zero-order chi connectivity index (χ0) is 22.8. The van der Waals surface area contributed by atoms with Crippen LogP contribution in [-0.2, 0) is 9.59 Å². The molecule has 0 saturated carbocycles. The molecule has 1 aliphatic rings. The lowest BCUT2D eigenvalue weighted by Crippen LogP contribution is -2.32. The number of amides is 2. The van der Waals surface area contributed by atoms with Crippen LogP contribution in [0.15, 0.2) is 72.4 Å². The van der Waals surface area contributed by atoms with Gasteiger partial charge in [0.2, 0.25) is 0 Å². The maximum Gasteiger partial charge on any atom is 0.282 e. The van der Waals surface area contributed by atoms with Crippen LogP contribution in [0, 0.1) is 18.6 Å². The second-order valence-corrected chi connectivity index (χ2v) is 7.25. The lowest BCUT2D eigenvalue weighted by atomic mass is 10.0. The number of carbonyl (C=O) groups is 2. The number of ether oxygens (including phenoxy) is 1. The summed E-state index contributed by atoms with van der Waals surface area (Å²) in [7, 11) is 0. The van der Waals surface area contributed by atoms with Crippen molar-refractivity contribution in [1.82, 2.24) is 0 Å². The highest BCUT2D eigenvalue weighted by molar-refractivity contribution is 6.46. The third-order valence-electron chi connectivity index (χ3n) is 4.99. The third-order valence-corrected chi connectivity index (χ3v) is 4.99. The molecule has 4 rings (SSSR count). The van der Waals surface area contributed by atoms with Crippen LogP contribution in [0.1, 0.15) is 18.1 Å². The molecule has 1 N–H and O–H groups in total. The molecule has 0 aliphatic carbocycles. The fourth-order valence-corrected chi connectivity index (χ4v) is 3.52. The summed E-state index contributed by atoms with van der Waals surface area (Å²) in [6, 6.07) is 17.0. The number of imide groups is 1. The van der Waals surface area contributed by atoms with E-state index in [1.54, 1.807) is 42.5 Å². The van der Waals surface area contributed by atoms with Crippen LogP contribution in [-0.4, -0.2) is 18.4 Å². The van der Waals surface area contributed by atoms with Crippen molar-refractivity contribution in [2.45, 2.75) is 13.8 Å². The summed E-state index contributed by atoms with van der Waals surface area (Å²) >= 11 is 0. The average Bonchev–Trinajstić information content (AvgIpc) is 3.01. The van der Waals surface area contributed by atoms with Gasteiger partial charge < -0.3 is 10.1 Å². The van der Waals surface area contributed by atoms with Crippen LogP contribution in [0.5, 0.6) is 5.75 Å². The predicted octanol–water partition coefficient (Wildman–Crippen LogP) is 5.07. The Bertz CT molecular complexity index is 1240. The summed E-state index contributed by atoms with van der Waals surface area (Å²) in [5.74, 6) is -2.56. The van der Waals surface area contributed by atoms with Crippen molar-refractivity contribution in [2.24, 2.45) is 0 Å². The van der Waals surface area contributed by atoms with Crippen molar-refractivity contribution in [1.29, 1.82) is 0 Å². The predicted molar refractivity (Wildman–Crippen MR) is 118 cm³/mol. The van der Waals surface area contributed by atoms with Crippen molar-refractivity contribution in [3.8, 4) is 5.75 Å². The van der Waals surface area contributed by atoms with E-state index in [1.165, 1.54) is 6.07 Å². The van der Waals surface area contributed by atoms with Crippen molar-refractivity contribution >= 4 is 28.8 Å². The highest BCUT2D eigenvalue weighted by Gasteiger charge is 2.40. The van der Waals surface area contributed by atoms with Gasteiger partial charge in [-0.25, -0.2) is 13.7 Å². The fraction of sp³-hybridized carbons (Fsp3) is 0.120. The second-order valence-electron chi connectivity index (χ2n) is 7.25. The minimum atomic E-state index is -1.06. The molecule has 3 aromatic rings. The minimum Gasteiger partial charge on any atom is -0.494 e. The van der Waals surface area contributed by atoms with Gasteiger partial charge in [0, 0.05) is 11.8 Å². The van der Waals surface area contributed by atoms with E-state index < -0.39 is 23.4 Å². The van der Waals surface area contributed by atoms with Crippen LogP contribution in [0.2, 0.25) is 0 Å². The zero-order valence-corrected chi connectivity index (χ0v) is 17.5. The first-order valence-corrected chi connectivity index (χ1v) is 10.0. The first-order valence-electron chi connectivity index (χ1n) is 10.0. The number of hydrogen-bond donors (Lipinski definition) is 1. The number of anilines is 2. The van der Waals surface area contributed by atoms with Crippen molar-refractivity contribution in [3.63, 3.8) is 0 Å². The SMILES string of the molecule is CCOc1ccc(C2=C(Nc3ccc(F)c(F)c3)C(=O)N(c3cccc(C)c3)C2=O)cc1. The van der Waals surface area contributed by atoms with Crippen LogP contribution in [0.3, 0.4) is 0 Å². The number of rotatable bonds is 6. The molecule has 0 unspecified atom stereocenters. The largest absolute Gasteiger partial charge is 0.494 e. The Labute approximate surface area is 183 Å². The number of nitrogens with one attached hydrogen (secondary N) is 1. The molecule has 1 aliphatic heterocycles. The number of aryl methyl sites for hydroxylation is 1. The van der Waals surface area contributed by atoms with E-state index in [-0.39, 0.29) is 17.0 Å². The third kappa shape index (κ3) is 3.97. The van der Waals surface area contributed by atoms with Gasteiger partial charge in [0.15, 0.2) is 11.6 Å². The molecule has 0 fully saturated rings. The first kappa shape index (κ1) is 21.2. The van der Waals surface area contributed by atoms with E-state index in [1.807, 2.05) is 19.9 Å². The summed E-state index contributed by atoms with van der Waals surface area (Å²) in [6.07, 6.45) is 0. The summed E-state index contributed by atoms with van der Waals surface area (Å²) in [4.78, 5) is 27.8. The molecule has 0 saturated heterocycles. The molecule has 0 atom stereocenters. The van der Waals surface area contributed by atoms with Gasteiger partial charge in [0.25, 0.3) is 11.8 Å². The Kier molecular flexibility index (Phi) is 5.73. The topological polar surface area (TPSA) is 58.6 Å². The van der Waals surface area contributed by atoms with Gasteiger partial charge in [-0.1, -0.05) is 24.3 Å². The second kappa shape index (κ2) is 8.63. The summed E-state index contributed by atoms with van der Waals surface area (Å²) in [5, 5.41) is 2.82. The highest BCUT2D eigenvalue weighted by atomic mass is 19.2. The normalized spacial score (nSPS) is 13.7. The van der Waals surface area contributed by atoms with Crippen LogP contribution in [0.25, 0.3) is 5.57 Å². The molecular weight excluding hydrogens is 414 g/mol. The number of benzene rings is 3. The van der Waals surface area contributed by atoms with Gasteiger partial charge in [0.05, 0.1) is 17.9 Å². The maximum absolute atomic E-state index is 13.7. The molecular formula is C25H20F2N2O3. The maximum atomic E-state index is 13.7. The number of carbonyl (C=O) groups excluding carboxylic acids is 2. The van der Waals surface area contributed by atoms with Gasteiger partial charge >= 0.3 is 0 Å². The fourth-order valence-electron chi connectivity index (χ4n) is 3.52. The van der Waals surface area contributed by atoms with Crippen LogP contribution in [0.4, 0.5) is 20.2 Å². The summed E-state index contributed by atoms with van der Waals surface area (Å²) < 4.78 is 32.6. The Morgan fingerprint density at radius 3 is 2.31 bits per heavy atom. The molecule has 7 heteroatoms. The van der Waals surface area contributed by atoms with Gasteiger partial charge in [-0.15, -0.1) is 0 Å². The lowest BCUT2D eigenvalue weighted by Gasteiger charge is -2.16. The highest BCUT2D eigenvalue weighted by Crippen LogP contribution is 2.34. The van der Waals surface area contributed by atoms with Crippen molar-refractivity contribution in [3.05, 3.63) is 95.2 Å². The van der Waals surface area contributed by atoms with Gasteiger partial charge in [-0.3, -0.25) is 9.59 Å². The van der Waals surface area contributed by atoms with Gasteiger partial charge in [-0.05, 0) is 61.4 Å². The number of nitrogens with zero attached hydrogens (tertiary/aromatic N) is 1. The van der Waals surface area contributed by atoms with Crippen LogP contribution >= 0.6 is 0 Å². The lowest BCUT2D eigenvalue weighted by molar-refractivity contribution is -0.120. The summed E-state index contributed by atoms with van der Waals surface area (Å²) in [5.41, 5.74) is 2.05. The Balaban J connectivity index is 1.80. The molecule has 2 amide bonds. The molecule has 0 spiro atoms.